The van der Waals surface area contributed by atoms with Gasteiger partial charge < -0.3 is 19.3 Å². The largest absolute Gasteiger partial charge is 0.394 e. The first kappa shape index (κ1) is 18.4. The van der Waals surface area contributed by atoms with E-state index in [2.05, 4.69) is 15.0 Å². The molecule has 1 aromatic carbocycles. The van der Waals surface area contributed by atoms with Gasteiger partial charge in [0, 0.05) is 0 Å². The van der Waals surface area contributed by atoms with E-state index in [9.17, 15) is 5.11 Å². The fourth-order valence-corrected chi connectivity index (χ4v) is 3.95. The summed E-state index contributed by atoms with van der Waals surface area (Å²) in [5.41, 5.74) is 3.11. The third kappa shape index (κ3) is 3.24. The topological polar surface area (TPSA) is 91.5 Å². The molecular formula is C21H22N4O4. The zero-order chi connectivity index (χ0) is 20.0. The molecule has 0 aliphatic carbocycles. The second kappa shape index (κ2) is 7.00. The first-order valence-electron chi connectivity index (χ1n) is 9.58. The van der Waals surface area contributed by atoms with E-state index in [1.165, 1.54) is 6.33 Å². The molecule has 4 atom stereocenters. The highest BCUT2D eigenvalue weighted by Gasteiger charge is 2.55. The number of imidazole rings is 1. The van der Waals surface area contributed by atoms with Crippen molar-refractivity contribution in [1.29, 1.82) is 0 Å². The normalized spacial score (nSPS) is 28.4. The average molecular weight is 394 g/mol. The maximum absolute atomic E-state index is 9.71. The molecule has 150 valence electrons. The number of benzene rings is 1. The van der Waals surface area contributed by atoms with Crippen molar-refractivity contribution in [3.63, 3.8) is 0 Å². The Hall–Kier alpha value is -2.65. The van der Waals surface area contributed by atoms with Gasteiger partial charge in [-0.25, -0.2) is 15.0 Å². The number of ether oxygens (including phenoxy) is 3. The van der Waals surface area contributed by atoms with Crippen LogP contribution in [0.5, 0.6) is 0 Å². The summed E-state index contributed by atoms with van der Waals surface area (Å²) in [7, 11) is 0. The SMILES string of the molecule is CC1(C)O[C@@H]2[C@H](O1)[C@@H](CO)O[C@H]2n1cnc2c(C=Cc3ccccc3)ncnc21. The quantitative estimate of drug-likeness (QED) is 0.726. The van der Waals surface area contributed by atoms with Crippen LogP contribution >= 0.6 is 0 Å². The van der Waals surface area contributed by atoms with E-state index < -0.39 is 18.1 Å². The summed E-state index contributed by atoms with van der Waals surface area (Å²) in [6.45, 7) is 3.57. The number of fused-ring (bicyclic) bond motifs is 2. The second-order valence-corrected chi connectivity index (χ2v) is 7.64. The van der Waals surface area contributed by atoms with Crippen LogP contribution in [0.4, 0.5) is 0 Å². The molecule has 2 aliphatic heterocycles. The Morgan fingerprint density at radius 2 is 1.86 bits per heavy atom. The number of aromatic nitrogens is 4. The Kier molecular flexibility index (Phi) is 4.44. The molecule has 8 nitrogen and oxygen atoms in total. The van der Waals surface area contributed by atoms with Gasteiger partial charge in [-0.2, -0.15) is 0 Å². The maximum Gasteiger partial charge on any atom is 0.166 e. The van der Waals surface area contributed by atoms with E-state index in [-0.39, 0.29) is 18.8 Å². The third-order valence-electron chi connectivity index (χ3n) is 5.20. The Morgan fingerprint density at radius 1 is 1.07 bits per heavy atom. The fraction of sp³-hybridized carbons (Fsp3) is 0.381. The van der Waals surface area contributed by atoms with E-state index in [4.69, 9.17) is 14.2 Å². The maximum atomic E-state index is 9.71. The molecule has 2 aromatic heterocycles. The molecule has 0 saturated carbocycles. The smallest absolute Gasteiger partial charge is 0.166 e. The molecule has 29 heavy (non-hydrogen) atoms. The second-order valence-electron chi connectivity index (χ2n) is 7.64. The number of aliphatic hydroxyl groups excluding tert-OH is 1. The number of rotatable bonds is 4. The van der Waals surface area contributed by atoms with Crippen LogP contribution in [-0.4, -0.2) is 55.3 Å². The van der Waals surface area contributed by atoms with Gasteiger partial charge in [0.1, 0.15) is 30.2 Å². The highest BCUT2D eigenvalue weighted by atomic mass is 16.8. The van der Waals surface area contributed by atoms with Gasteiger partial charge in [-0.05, 0) is 25.5 Å². The molecule has 0 radical (unpaired) electrons. The van der Waals surface area contributed by atoms with Crippen molar-refractivity contribution in [3.05, 3.63) is 54.2 Å². The average Bonchev–Trinajstić information content (AvgIpc) is 3.37. The van der Waals surface area contributed by atoms with E-state index in [0.717, 1.165) is 11.3 Å². The molecule has 3 aromatic rings. The van der Waals surface area contributed by atoms with Crippen LogP contribution in [0.1, 0.15) is 31.3 Å². The molecule has 0 spiro atoms. The van der Waals surface area contributed by atoms with Crippen molar-refractivity contribution in [2.24, 2.45) is 0 Å². The van der Waals surface area contributed by atoms with E-state index >= 15 is 0 Å². The molecule has 2 fully saturated rings. The number of aliphatic hydroxyl groups is 1. The van der Waals surface area contributed by atoms with Gasteiger partial charge in [-0.15, -0.1) is 0 Å². The lowest BCUT2D eigenvalue weighted by atomic mass is 10.1. The van der Waals surface area contributed by atoms with Crippen molar-refractivity contribution >= 4 is 23.3 Å². The standard InChI is InChI=1S/C21H22N4O4/c1-21(2)28-17-15(10-26)27-20(18(17)29-21)25-12-24-16-14(22-11-23-19(16)25)9-8-13-6-4-3-5-7-13/h3-9,11-12,15,17-18,20,26H,10H2,1-2H3/t15-,17-,18-,20-/m1/s1. The molecule has 2 saturated heterocycles. The van der Waals surface area contributed by atoms with Crippen molar-refractivity contribution in [3.8, 4) is 0 Å². The number of hydrogen-bond donors (Lipinski definition) is 1. The minimum atomic E-state index is -0.736. The van der Waals surface area contributed by atoms with Gasteiger partial charge in [0.25, 0.3) is 0 Å². The Morgan fingerprint density at radius 3 is 2.66 bits per heavy atom. The van der Waals surface area contributed by atoms with Gasteiger partial charge in [0.15, 0.2) is 17.7 Å². The van der Waals surface area contributed by atoms with Crippen LogP contribution in [0, 0.1) is 0 Å². The van der Waals surface area contributed by atoms with E-state index in [1.54, 1.807) is 6.33 Å². The van der Waals surface area contributed by atoms with Gasteiger partial charge >= 0.3 is 0 Å². The number of nitrogens with zero attached hydrogens (tertiary/aromatic N) is 4. The van der Waals surface area contributed by atoms with Crippen LogP contribution < -0.4 is 0 Å². The summed E-state index contributed by atoms with van der Waals surface area (Å²) < 4.78 is 19.9. The first-order valence-corrected chi connectivity index (χ1v) is 9.58. The van der Waals surface area contributed by atoms with Crippen molar-refractivity contribution in [1.82, 2.24) is 19.5 Å². The molecule has 0 bridgehead atoms. The summed E-state index contributed by atoms with van der Waals surface area (Å²) in [6, 6.07) is 10.00. The van der Waals surface area contributed by atoms with Gasteiger partial charge in [0.2, 0.25) is 0 Å². The van der Waals surface area contributed by atoms with Gasteiger partial charge in [-0.3, -0.25) is 4.57 Å². The lowest BCUT2D eigenvalue weighted by Gasteiger charge is -2.24. The lowest BCUT2D eigenvalue weighted by molar-refractivity contribution is -0.199. The highest BCUT2D eigenvalue weighted by Crippen LogP contribution is 2.43. The highest BCUT2D eigenvalue weighted by molar-refractivity contribution is 5.84. The molecule has 5 rings (SSSR count). The molecule has 0 amide bonds. The summed E-state index contributed by atoms with van der Waals surface area (Å²) in [5, 5.41) is 9.71. The lowest BCUT2D eigenvalue weighted by Crippen LogP contribution is -2.31. The van der Waals surface area contributed by atoms with Crippen molar-refractivity contribution in [2.45, 2.75) is 44.2 Å². The molecule has 4 heterocycles. The zero-order valence-electron chi connectivity index (χ0n) is 16.2. The minimum Gasteiger partial charge on any atom is -0.394 e. The van der Waals surface area contributed by atoms with Crippen molar-refractivity contribution in [2.75, 3.05) is 6.61 Å². The molecule has 8 heteroatoms. The Balaban J connectivity index is 1.50. The van der Waals surface area contributed by atoms with Crippen LogP contribution in [-0.2, 0) is 14.2 Å². The Labute approximate surface area is 167 Å². The van der Waals surface area contributed by atoms with Crippen LogP contribution in [0.2, 0.25) is 0 Å². The van der Waals surface area contributed by atoms with E-state index in [1.807, 2.05) is 60.9 Å². The molecular weight excluding hydrogens is 372 g/mol. The third-order valence-corrected chi connectivity index (χ3v) is 5.20. The fourth-order valence-electron chi connectivity index (χ4n) is 3.95. The monoisotopic (exact) mass is 394 g/mol. The molecule has 1 N–H and O–H groups in total. The summed E-state index contributed by atoms with van der Waals surface area (Å²) in [6.07, 6.45) is 5.42. The Bertz CT molecular complexity index is 1050. The summed E-state index contributed by atoms with van der Waals surface area (Å²) >= 11 is 0. The minimum absolute atomic E-state index is 0.149. The van der Waals surface area contributed by atoms with Crippen LogP contribution in [0.15, 0.2) is 43.0 Å². The predicted octanol–water partition coefficient (Wildman–Crippen LogP) is 2.41. The first-order chi connectivity index (χ1) is 14.1. The van der Waals surface area contributed by atoms with Gasteiger partial charge in [-0.1, -0.05) is 36.4 Å². The van der Waals surface area contributed by atoms with Crippen LogP contribution in [0.3, 0.4) is 0 Å². The zero-order valence-corrected chi connectivity index (χ0v) is 16.2. The van der Waals surface area contributed by atoms with E-state index in [0.29, 0.717) is 11.2 Å². The summed E-state index contributed by atoms with van der Waals surface area (Å²) in [5.74, 6) is -0.736. The number of hydrogen-bond acceptors (Lipinski definition) is 7. The van der Waals surface area contributed by atoms with Crippen molar-refractivity contribution < 1.29 is 19.3 Å². The van der Waals surface area contributed by atoms with Gasteiger partial charge in [0.05, 0.1) is 18.6 Å². The van der Waals surface area contributed by atoms with Crippen LogP contribution in [0.25, 0.3) is 23.3 Å². The molecule has 0 unspecified atom stereocenters. The summed E-state index contributed by atoms with van der Waals surface area (Å²) in [4.78, 5) is 13.3. The predicted molar refractivity (Wildman–Crippen MR) is 106 cm³/mol. The molecule has 2 aliphatic rings.